The van der Waals surface area contributed by atoms with E-state index >= 15 is 0 Å². The molecule has 0 amide bonds. The van der Waals surface area contributed by atoms with Crippen LogP contribution >= 0.6 is 0 Å². The van der Waals surface area contributed by atoms with Gasteiger partial charge in [-0.1, -0.05) is 27.7 Å². The van der Waals surface area contributed by atoms with Crippen LogP contribution in [0, 0.1) is 41.5 Å². The zero-order valence-electron chi connectivity index (χ0n) is 12.0. The maximum absolute atomic E-state index is 4.18. The first kappa shape index (κ1) is 12.0. The first-order valence-electron chi connectivity index (χ1n) is 7.55. The summed E-state index contributed by atoms with van der Waals surface area (Å²) < 4.78 is 0. The number of hydrogen-bond acceptors (Lipinski definition) is 0. The van der Waals surface area contributed by atoms with Crippen LogP contribution in [0.4, 0.5) is 0 Å². The van der Waals surface area contributed by atoms with E-state index in [1.54, 1.807) is 0 Å². The second-order valence-electron chi connectivity index (χ2n) is 8.00. The molecule has 0 heterocycles. The van der Waals surface area contributed by atoms with Crippen LogP contribution in [0.15, 0.2) is 0 Å². The summed E-state index contributed by atoms with van der Waals surface area (Å²) >= 11 is 0. The number of fused-ring (bicyclic) bond motifs is 1. The highest BCUT2D eigenvalue weighted by Crippen LogP contribution is 2.69. The van der Waals surface area contributed by atoms with Gasteiger partial charge in [-0.05, 0) is 49.4 Å². The normalized spacial score (nSPS) is 56.8. The maximum Gasteiger partial charge on any atom is 0.0731 e. The van der Waals surface area contributed by atoms with Crippen molar-refractivity contribution in [3.8, 4) is 0 Å². The van der Waals surface area contributed by atoms with Gasteiger partial charge in [-0.15, -0.1) is 0 Å². The molecule has 1 heteroatoms. The van der Waals surface area contributed by atoms with Gasteiger partial charge in [0.25, 0.3) is 0 Å². The molecule has 0 radical (unpaired) electrons. The van der Waals surface area contributed by atoms with Gasteiger partial charge in [0.15, 0.2) is 0 Å². The Morgan fingerprint density at radius 3 is 2.53 bits per heavy atom. The number of rotatable bonds is 2. The van der Waals surface area contributed by atoms with Crippen molar-refractivity contribution in [2.75, 3.05) is 0 Å². The van der Waals surface area contributed by atoms with Crippen LogP contribution in [0.1, 0.15) is 53.4 Å². The molecule has 0 aliphatic heterocycles. The van der Waals surface area contributed by atoms with Crippen molar-refractivity contribution in [3.63, 3.8) is 0 Å². The van der Waals surface area contributed by atoms with E-state index in [1.807, 2.05) is 0 Å². The van der Waals surface area contributed by atoms with Gasteiger partial charge in [0.1, 0.15) is 0 Å². The van der Waals surface area contributed by atoms with E-state index in [4.69, 9.17) is 0 Å². The van der Waals surface area contributed by atoms with Crippen molar-refractivity contribution < 1.29 is 5.32 Å². The maximum atomic E-state index is 4.18. The second kappa shape index (κ2) is 3.50. The second-order valence-corrected chi connectivity index (χ2v) is 8.00. The van der Waals surface area contributed by atoms with E-state index in [2.05, 4.69) is 40.1 Å². The zero-order valence-corrected chi connectivity index (χ0v) is 12.0. The van der Waals surface area contributed by atoms with E-state index in [-0.39, 0.29) is 0 Å². The van der Waals surface area contributed by atoms with Crippen LogP contribution in [0.3, 0.4) is 0 Å². The fourth-order valence-electron chi connectivity index (χ4n) is 6.28. The molecule has 0 aromatic rings. The molecule has 0 spiro atoms. The lowest BCUT2D eigenvalue weighted by Crippen LogP contribution is -2.92. The summed E-state index contributed by atoms with van der Waals surface area (Å²) in [5.74, 6) is 3.87. The Balaban J connectivity index is 2.01. The molecule has 4 rings (SSSR count). The van der Waals surface area contributed by atoms with Crippen molar-refractivity contribution in [2.45, 2.75) is 59.4 Å². The molecule has 4 bridgehead atoms. The highest BCUT2D eigenvalue weighted by atomic mass is 15.0. The zero-order chi connectivity index (χ0) is 12.4. The first-order valence-corrected chi connectivity index (χ1v) is 7.55. The van der Waals surface area contributed by atoms with Gasteiger partial charge in [-0.25, -0.2) is 0 Å². The van der Waals surface area contributed by atoms with Crippen molar-refractivity contribution in [1.82, 2.24) is 0 Å². The predicted octanol–water partition coefficient (Wildman–Crippen LogP) is 2.83. The first-order chi connectivity index (χ1) is 7.92. The highest BCUT2D eigenvalue weighted by molar-refractivity contribution is 5.15. The molecule has 98 valence electrons. The lowest BCUT2D eigenvalue weighted by Gasteiger charge is -2.59. The van der Waals surface area contributed by atoms with Gasteiger partial charge in [-0.3, -0.25) is 0 Å². The molecule has 4 fully saturated rings. The predicted molar refractivity (Wildman–Crippen MR) is 71.1 cm³/mol. The van der Waals surface area contributed by atoms with E-state index in [1.165, 1.54) is 25.7 Å². The summed E-state index contributed by atoms with van der Waals surface area (Å²) in [4.78, 5) is 0. The van der Waals surface area contributed by atoms with Gasteiger partial charge in [0.2, 0.25) is 0 Å². The minimum absolute atomic E-state index is 0.569. The average Bonchev–Trinajstić information content (AvgIpc) is 2.48. The molecule has 0 aromatic heterocycles. The van der Waals surface area contributed by atoms with Crippen LogP contribution in [0.5, 0.6) is 0 Å². The molecule has 1 nitrogen and oxygen atoms in total. The molecule has 6 atom stereocenters. The van der Waals surface area contributed by atoms with Crippen molar-refractivity contribution in [3.05, 3.63) is 7.05 Å². The fourth-order valence-corrected chi connectivity index (χ4v) is 6.28. The Kier molecular flexibility index (Phi) is 2.47. The summed E-state index contributed by atoms with van der Waals surface area (Å²) in [6.07, 6.45) is 5.88. The van der Waals surface area contributed by atoms with Gasteiger partial charge in [0.05, 0.1) is 6.04 Å². The molecular formula is C16H29N. The summed E-state index contributed by atoms with van der Waals surface area (Å²) in [7, 11) is 4.18. The monoisotopic (exact) mass is 235 g/mol. The van der Waals surface area contributed by atoms with E-state index in [0.717, 1.165) is 29.7 Å². The summed E-state index contributed by atoms with van der Waals surface area (Å²) in [6, 6.07) is 0.772. The fraction of sp³-hybridized carbons (Fsp3) is 0.938. The van der Waals surface area contributed by atoms with Crippen LogP contribution in [-0.4, -0.2) is 6.04 Å². The van der Waals surface area contributed by atoms with Gasteiger partial charge >= 0.3 is 0 Å². The number of nitrogens with two attached hydrogens (primary N) is 1. The smallest absolute Gasteiger partial charge is 0.0731 e. The quantitative estimate of drug-likeness (QED) is 0.709. The number of hydrogen-bond donors (Lipinski definition) is 1. The molecular weight excluding hydrogens is 206 g/mol. The van der Waals surface area contributed by atoms with E-state index < -0.39 is 0 Å². The standard InChI is InChI=1S/C16H29N/c1-10(2)11-9-16(4)13-6-7-15(3,8-12(11)13)14(16)17-5/h10-14H,5-9,17H2,1-4H3/t11-,12?,13?,14?,15?,16?/m1/s1. The molecule has 0 saturated heterocycles. The Hall–Kier alpha value is -0.0400. The van der Waals surface area contributed by atoms with Gasteiger partial charge in [-0.2, -0.15) is 7.05 Å². The third-order valence-corrected chi connectivity index (χ3v) is 6.87. The van der Waals surface area contributed by atoms with E-state index in [0.29, 0.717) is 10.8 Å². The molecule has 4 aliphatic rings. The van der Waals surface area contributed by atoms with Gasteiger partial charge in [0, 0.05) is 10.8 Å². The SMILES string of the molecule is [CH2-][NH2+]C1C2(C)CCC3C(C2)[C@@H](C(C)C)CC31C. The Bertz CT molecular complexity index is 323. The highest BCUT2D eigenvalue weighted by Gasteiger charge is 2.67. The summed E-state index contributed by atoms with van der Waals surface area (Å²) in [6.45, 7) is 10.00. The lowest BCUT2D eigenvalue weighted by atomic mass is 9.48. The molecule has 0 aromatic carbocycles. The largest absolute Gasteiger partial charge is 0.475 e. The minimum Gasteiger partial charge on any atom is -0.475 e. The number of quaternary nitrogens is 1. The molecule has 4 saturated carbocycles. The van der Waals surface area contributed by atoms with Crippen LogP contribution in [-0.2, 0) is 0 Å². The molecule has 5 unspecified atom stereocenters. The lowest BCUT2D eigenvalue weighted by molar-refractivity contribution is -0.673. The van der Waals surface area contributed by atoms with Crippen molar-refractivity contribution in [1.29, 1.82) is 0 Å². The topological polar surface area (TPSA) is 16.6 Å². The van der Waals surface area contributed by atoms with Gasteiger partial charge < -0.3 is 5.32 Å². The van der Waals surface area contributed by atoms with Crippen LogP contribution < -0.4 is 5.32 Å². The van der Waals surface area contributed by atoms with Crippen molar-refractivity contribution in [2.24, 2.45) is 34.5 Å². The van der Waals surface area contributed by atoms with E-state index in [9.17, 15) is 0 Å². The molecule has 17 heavy (non-hydrogen) atoms. The van der Waals surface area contributed by atoms with Crippen LogP contribution in [0.25, 0.3) is 0 Å². The minimum atomic E-state index is 0.569. The average molecular weight is 235 g/mol. The summed E-state index contributed by atoms with van der Waals surface area (Å²) in [5, 5.41) is 2.31. The third-order valence-electron chi connectivity index (χ3n) is 6.87. The third kappa shape index (κ3) is 1.35. The van der Waals surface area contributed by atoms with Crippen LogP contribution in [0.2, 0.25) is 0 Å². The summed E-state index contributed by atoms with van der Waals surface area (Å²) in [5.41, 5.74) is 1.14. The Labute approximate surface area is 107 Å². The molecule has 2 N–H and O–H groups in total. The van der Waals surface area contributed by atoms with Crippen molar-refractivity contribution >= 4 is 0 Å². The Morgan fingerprint density at radius 1 is 1.24 bits per heavy atom. The molecule has 4 aliphatic carbocycles. The Morgan fingerprint density at radius 2 is 1.94 bits per heavy atom.